The summed E-state index contributed by atoms with van der Waals surface area (Å²) >= 11 is 5.98. The van der Waals surface area contributed by atoms with Crippen molar-refractivity contribution >= 4 is 22.5 Å². The maximum Gasteiger partial charge on any atom is 0.225 e. The molecule has 0 N–H and O–H groups in total. The summed E-state index contributed by atoms with van der Waals surface area (Å²) in [5, 5.41) is 12.8. The summed E-state index contributed by atoms with van der Waals surface area (Å²) in [4.78, 5) is 0. The molecule has 1 aromatic heterocycles. The van der Waals surface area contributed by atoms with E-state index in [4.69, 9.17) is 11.6 Å². The molecular formula is C10H8ClNO. The Labute approximate surface area is 81.0 Å². The first-order valence-corrected chi connectivity index (χ1v) is 4.34. The molecule has 2 rings (SSSR count). The van der Waals surface area contributed by atoms with E-state index in [9.17, 15) is 5.21 Å². The average molecular weight is 194 g/mol. The van der Waals surface area contributed by atoms with Crippen LogP contribution < -0.4 is 4.73 Å². The van der Waals surface area contributed by atoms with Gasteiger partial charge in [0.05, 0.1) is 10.4 Å². The smallest absolute Gasteiger partial charge is 0.225 e. The molecule has 1 aromatic carbocycles. The van der Waals surface area contributed by atoms with Gasteiger partial charge in [-0.15, -0.1) is 0 Å². The summed E-state index contributed by atoms with van der Waals surface area (Å²) in [6.45, 7) is 1.92. The number of hydrogen-bond acceptors (Lipinski definition) is 1. The van der Waals surface area contributed by atoms with Gasteiger partial charge in [-0.05, 0) is 24.6 Å². The van der Waals surface area contributed by atoms with E-state index in [1.807, 2.05) is 25.1 Å². The van der Waals surface area contributed by atoms with Crippen molar-refractivity contribution in [3.8, 4) is 0 Å². The average Bonchev–Trinajstić information content (AvgIpc) is 2.07. The molecule has 1 heterocycles. The third kappa shape index (κ3) is 1.33. The summed E-state index contributed by atoms with van der Waals surface area (Å²) in [6.07, 6.45) is 1.47. The Balaban J connectivity index is 2.94. The summed E-state index contributed by atoms with van der Waals surface area (Å²) < 4.78 is 0.828. The minimum Gasteiger partial charge on any atom is -0.618 e. The van der Waals surface area contributed by atoms with Crippen LogP contribution in [0.3, 0.4) is 0 Å². The second-order valence-electron chi connectivity index (χ2n) is 3.01. The van der Waals surface area contributed by atoms with E-state index < -0.39 is 0 Å². The van der Waals surface area contributed by atoms with Gasteiger partial charge in [0.2, 0.25) is 5.52 Å². The van der Waals surface area contributed by atoms with Gasteiger partial charge in [0.15, 0.2) is 6.20 Å². The van der Waals surface area contributed by atoms with E-state index in [-0.39, 0.29) is 0 Å². The summed E-state index contributed by atoms with van der Waals surface area (Å²) in [6, 6.07) is 7.21. The van der Waals surface area contributed by atoms with Crippen molar-refractivity contribution in [3.63, 3.8) is 0 Å². The van der Waals surface area contributed by atoms with E-state index in [0.717, 1.165) is 15.7 Å². The topological polar surface area (TPSA) is 26.9 Å². The lowest BCUT2D eigenvalue weighted by atomic mass is 10.1. The van der Waals surface area contributed by atoms with Crippen molar-refractivity contribution in [1.29, 1.82) is 0 Å². The first-order chi connectivity index (χ1) is 6.18. The quantitative estimate of drug-likeness (QED) is 0.466. The second kappa shape index (κ2) is 2.89. The van der Waals surface area contributed by atoms with Gasteiger partial charge in [0, 0.05) is 12.1 Å². The SMILES string of the molecule is Cc1cc(Cl)c2ccc[n+]([O-])c2c1. The summed E-state index contributed by atoms with van der Waals surface area (Å²) in [5.74, 6) is 0. The molecule has 0 spiro atoms. The molecule has 0 unspecified atom stereocenters. The van der Waals surface area contributed by atoms with Gasteiger partial charge >= 0.3 is 0 Å². The Bertz CT molecular complexity index is 468. The van der Waals surface area contributed by atoms with Crippen LogP contribution in [-0.4, -0.2) is 0 Å². The normalized spacial score (nSPS) is 10.6. The maximum atomic E-state index is 11.3. The molecule has 13 heavy (non-hydrogen) atoms. The molecule has 0 saturated heterocycles. The van der Waals surface area contributed by atoms with Crippen molar-refractivity contribution in [2.45, 2.75) is 6.92 Å². The van der Waals surface area contributed by atoms with Gasteiger partial charge in [-0.2, -0.15) is 4.73 Å². The Kier molecular flexibility index (Phi) is 1.85. The summed E-state index contributed by atoms with van der Waals surface area (Å²) in [5.41, 5.74) is 1.61. The predicted molar refractivity (Wildman–Crippen MR) is 52.7 cm³/mol. The minimum absolute atomic E-state index is 0.618. The Morgan fingerprint density at radius 1 is 1.38 bits per heavy atom. The Morgan fingerprint density at radius 3 is 2.92 bits per heavy atom. The molecule has 2 aromatic rings. The van der Waals surface area contributed by atoms with E-state index in [1.54, 1.807) is 6.07 Å². The van der Waals surface area contributed by atoms with Gasteiger partial charge in [-0.3, -0.25) is 0 Å². The van der Waals surface area contributed by atoms with Crippen molar-refractivity contribution in [3.05, 3.63) is 46.3 Å². The molecule has 0 bridgehead atoms. The van der Waals surface area contributed by atoms with Gasteiger partial charge in [-0.25, -0.2) is 0 Å². The standard InChI is InChI=1S/C10H8ClNO/c1-7-5-9(11)8-3-2-4-12(13)10(8)6-7/h2-6H,1H3. The number of aromatic nitrogens is 1. The number of pyridine rings is 1. The van der Waals surface area contributed by atoms with Gasteiger partial charge in [-0.1, -0.05) is 11.6 Å². The van der Waals surface area contributed by atoms with Crippen molar-refractivity contribution in [2.75, 3.05) is 0 Å². The van der Waals surface area contributed by atoms with Crippen LogP contribution in [0.25, 0.3) is 10.9 Å². The highest BCUT2D eigenvalue weighted by Crippen LogP contribution is 2.22. The molecule has 0 aliphatic carbocycles. The van der Waals surface area contributed by atoms with Crippen molar-refractivity contribution in [1.82, 2.24) is 0 Å². The first kappa shape index (κ1) is 8.32. The van der Waals surface area contributed by atoms with Gasteiger partial charge < -0.3 is 5.21 Å². The maximum absolute atomic E-state index is 11.3. The van der Waals surface area contributed by atoms with Crippen LogP contribution in [0.2, 0.25) is 5.02 Å². The van der Waals surface area contributed by atoms with Crippen molar-refractivity contribution in [2.24, 2.45) is 0 Å². The zero-order valence-corrected chi connectivity index (χ0v) is 7.88. The molecule has 0 fully saturated rings. The van der Waals surface area contributed by atoms with E-state index in [0.29, 0.717) is 10.5 Å². The van der Waals surface area contributed by atoms with E-state index in [1.165, 1.54) is 6.20 Å². The number of aryl methyl sites for hydroxylation is 1. The minimum atomic E-state index is 0.618. The van der Waals surface area contributed by atoms with Crippen molar-refractivity contribution < 1.29 is 4.73 Å². The number of fused-ring (bicyclic) bond motifs is 1. The molecule has 0 atom stereocenters. The Hall–Kier alpha value is -1.28. The fraction of sp³-hybridized carbons (Fsp3) is 0.100. The number of halogens is 1. The molecule has 0 aliphatic heterocycles. The van der Waals surface area contributed by atoms with Gasteiger partial charge in [0.25, 0.3) is 0 Å². The van der Waals surface area contributed by atoms with Crippen LogP contribution >= 0.6 is 11.6 Å². The lowest BCUT2D eigenvalue weighted by molar-refractivity contribution is -0.577. The molecule has 66 valence electrons. The monoisotopic (exact) mass is 193 g/mol. The third-order valence-corrected chi connectivity index (χ3v) is 2.29. The molecular weight excluding hydrogens is 186 g/mol. The fourth-order valence-electron chi connectivity index (χ4n) is 1.38. The number of rotatable bonds is 0. The van der Waals surface area contributed by atoms with Crippen LogP contribution in [0, 0.1) is 12.1 Å². The lowest BCUT2D eigenvalue weighted by Crippen LogP contribution is -2.25. The molecule has 0 radical (unpaired) electrons. The fourth-order valence-corrected chi connectivity index (χ4v) is 1.71. The highest BCUT2D eigenvalue weighted by atomic mass is 35.5. The van der Waals surface area contributed by atoms with E-state index in [2.05, 4.69) is 0 Å². The predicted octanol–water partition coefficient (Wildman–Crippen LogP) is 2.44. The zero-order valence-electron chi connectivity index (χ0n) is 7.12. The first-order valence-electron chi connectivity index (χ1n) is 3.96. The van der Waals surface area contributed by atoms with Crippen LogP contribution in [-0.2, 0) is 0 Å². The number of benzene rings is 1. The van der Waals surface area contributed by atoms with Gasteiger partial charge in [0.1, 0.15) is 0 Å². The molecule has 0 amide bonds. The second-order valence-corrected chi connectivity index (χ2v) is 3.42. The molecule has 0 saturated carbocycles. The molecule has 2 nitrogen and oxygen atoms in total. The van der Waals surface area contributed by atoms with Crippen LogP contribution in [0.1, 0.15) is 5.56 Å². The van der Waals surface area contributed by atoms with Crippen LogP contribution in [0.15, 0.2) is 30.5 Å². The summed E-state index contributed by atoms with van der Waals surface area (Å²) in [7, 11) is 0. The number of nitrogens with zero attached hydrogens (tertiary/aromatic N) is 1. The lowest BCUT2D eigenvalue weighted by Gasteiger charge is -2.03. The number of hydrogen-bond donors (Lipinski definition) is 0. The zero-order chi connectivity index (χ0) is 9.42. The largest absolute Gasteiger partial charge is 0.618 e. The van der Waals surface area contributed by atoms with Crippen LogP contribution in [0.4, 0.5) is 0 Å². The Morgan fingerprint density at radius 2 is 2.15 bits per heavy atom. The van der Waals surface area contributed by atoms with E-state index >= 15 is 0 Å². The van der Waals surface area contributed by atoms with Crippen LogP contribution in [0.5, 0.6) is 0 Å². The highest BCUT2D eigenvalue weighted by Gasteiger charge is 2.06. The molecule has 3 heteroatoms. The molecule has 0 aliphatic rings. The third-order valence-electron chi connectivity index (χ3n) is 1.97. The highest BCUT2D eigenvalue weighted by molar-refractivity contribution is 6.35.